The van der Waals surface area contributed by atoms with Gasteiger partial charge in [0.1, 0.15) is 0 Å². The van der Waals surface area contributed by atoms with Crippen molar-refractivity contribution in [3.8, 4) is 0 Å². The van der Waals surface area contributed by atoms with Crippen LogP contribution in [0.3, 0.4) is 0 Å². The summed E-state index contributed by atoms with van der Waals surface area (Å²) in [6, 6.07) is 1.30. The van der Waals surface area contributed by atoms with Gasteiger partial charge in [-0.3, -0.25) is 0 Å². The van der Waals surface area contributed by atoms with Gasteiger partial charge in [0.25, 0.3) is 0 Å². The summed E-state index contributed by atoms with van der Waals surface area (Å²) in [7, 11) is -0.962. The second-order valence-corrected chi connectivity index (χ2v) is 11.6. The van der Waals surface area contributed by atoms with Crippen LogP contribution in [0.25, 0.3) is 0 Å². The summed E-state index contributed by atoms with van der Waals surface area (Å²) in [5.74, 6) is 0. The number of ether oxygens (including phenoxy) is 2. The van der Waals surface area contributed by atoms with Crippen LogP contribution in [0.4, 0.5) is 0 Å². The van der Waals surface area contributed by atoms with Crippen LogP contribution in [0.15, 0.2) is 0 Å². The molecule has 15 heavy (non-hydrogen) atoms. The van der Waals surface area contributed by atoms with Gasteiger partial charge in [-0.2, -0.15) is 0 Å². The third-order valence-electron chi connectivity index (χ3n) is 2.65. The fraction of sp³-hybridized carbons (Fsp3) is 1.00. The molecule has 1 aliphatic heterocycles. The summed E-state index contributed by atoms with van der Waals surface area (Å²) in [4.78, 5) is 0. The lowest BCUT2D eigenvalue weighted by atomic mass is 10.2. The zero-order valence-electron chi connectivity index (χ0n) is 10.9. The maximum absolute atomic E-state index is 6.00. The molecule has 0 spiro atoms. The largest absolute Gasteiger partial charge is 0.376 e. The molecule has 0 aromatic rings. The highest BCUT2D eigenvalue weighted by atomic mass is 28.3. The summed E-state index contributed by atoms with van der Waals surface area (Å²) in [6.07, 6.45) is 3.61. The SMILES string of the molecule is CC(C)OCC1CCC(C[Si](C)(C)C)O1. The average molecular weight is 230 g/mol. The molecule has 2 unspecified atom stereocenters. The second-order valence-electron chi connectivity index (χ2n) is 6.10. The summed E-state index contributed by atoms with van der Waals surface area (Å²) in [5.41, 5.74) is 0. The monoisotopic (exact) mass is 230 g/mol. The summed E-state index contributed by atoms with van der Waals surface area (Å²) in [5, 5.41) is 0. The van der Waals surface area contributed by atoms with Crippen molar-refractivity contribution < 1.29 is 9.47 Å². The van der Waals surface area contributed by atoms with Crippen LogP contribution in [0.2, 0.25) is 25.7 Å². The van der Waals surface area contributed by atoms with E-state index < -0.39 is 8.07 Å². The molecule has 0 N–H and O–H groups in total. The third kappa shape index (κ3) is 5.69. The minimum Gasteiger partial charge on any atom is -0.376 e. The van der Waals surface area contributed by atoms with Gasteiger partial charge < -0.3 is 9.47 Å². The van der Waals surface area contributed by atoms with Gasteiger partial charge in [0.2, 0.25) is 0 Å². The van der Waals surface area contributed by atoms with Crippen molar-refractivity contribution in [3.63, 3.8) is 0 Å². The van der Waals surface area contributed by atoms with Crippen LogP contribution in [-0.4, -0.2) is 33.0 Å². The van der Waals surface area contributed by atoms with E-state index in [0.717, 1.165) is 6.61 Å². The highest BCUT2D eigenvalue weighted by molar-refractivity contribution is 6.76. The lowest BCUT2D eigenvalue weighted by Gasteiger charge is -2.21. The van der Waals surface area contributed by atoms with Gasteiger partial charge >= 0.3 is 0 Å². The zero-order chi connectivity index (χ0) is 11.5. The summed E-state index contributed by atoms with van der Waals surface area (Å²) < 4.78 is 11.6. The van der Waals surface area contributed by atoms with Crippen LogP contribution in [-0.2, 0) is 9.47 Å². The van der Waals surface area contributed by atoms with Gasteiger partial charge in [-0.1, -0.05) is 19.6 Å². The number of hydrogen-bond acceptors (Lipinski definition) is 2. The molecule has 0 aromatic carbocycles. The quantitative estimate of drug-likeness (QED) is 0.675. The number of rotatable bonds is 5. The van der Waals surface area contributed by atoms with Crippen LogP contribution < -0.4 is 0 Å². The standard InChI is InChI=1S/C12H26O2Si/c1-10(2)13-8-11-6-7-12(14-11)9-15(3,4)5/h10-12H,6-9H2,1-5H3. The molecular formula is C12H26O2Si. The molecular weight excluding hydrogens is 204 g/mol. The van der Waals surface area contributed by atoms with Gasteiger partial charge in [-0.15, -0.1) is 0 Å². The summed E-state index contributed by atoms with van der Waals surface area (Å²) in [6.45, 7) is 12.2. The molecule has 1 heterocycles. The normalized spacial score (nSPS) is 27.6. The molecule has 0 amide bonds. The first-order valence-corrected chi connectivity index (χ1v) is 9.84. The highest BCUT2D eigenvalue weighted by Crippen LogP contribution is 2.27. The van der Waals surface area contributed by atoms with Gasteiger partial charge in [-0.25, -0.2) is 0 Å². The van der Waals surface area contributed by atoms with Crippen molar-refractivity contribution in [3.05, 3.63) is 0 Å². The Balaban J connectivity index is 2.21. The fourth-order valence-electron chi connectivity index (χ4n) is 2.04. The maximum atomic E-state index is 6.00. The van der Waals surface area contributed by atoms with E-state index in [0.29, 0.717) is 18.3 Å². The Morgan fingerprint density at radius 3 is 2.33 bits per heavy atom. The zero-order valence-corrected chi connectivity index (χ0v) is 11.9. The maximum Gasteiger partial charge on any atom is 0.0813 e. The first kappa shape index (κ1) is 13.2. The predicted molar refractivity (Wildman–Crippen MR) is 67.1 cm³/mol. The van der Waals surface area contributed by atoms with Gasteiger partial charge in [0.15, 0.2) is 0 Å². The molecule has 1 aliphatic rings. The van der Waals surface area contributed by atoms with Crippen molar-refractivity contribution in [2.45, 2.75) is 70.7 Å². The van der Waals surface area contributed by atoms with E-state index in [2.05, 4.69) is 33.5 Å². The molecule has 3 heteroatoms. The minimum atomic E-state index is -0.962. The predicted octanol–water partition coefficient (Wildman–Crippen LogP) is 3.30. The van der Waals surface area contributed by atoms with E-state index in [9.17, 15) is 0 Å². The summed E-state index contributed by atoms with van der Waals surface area (Å²) >= 11 is 0. The molecule has 1 rings (SSSR count). The molecule has 90 valence electrons. The van der Waals surface area contributed by atoms with E-state index in [1.807, 2.05) is 0 Å². The van der Waals surface area contributed by atoms with Crippen LogP contribution in [0.1, 0.15) is 26.7 Å². The lowest BCUT2D eigenvalue weighted by Crippen LogP contribution is -2.27. The van der Waals surface area contributed by atoms with Crippen molar-refractivity contribution in [2.24, 2.45) is 0 Å². The molecule has 0 radical (unpaired) electrons. The topological polar surface area (TPSA) is 18.5 Å². The van der Waals surface area contributed by atoms with Crippen molar-refractivity contribution in [2.75, 3.05) is 6.61 Å². The van der Waals surface area contributed by atoms with Crippen LogP contribution in [0.5, 0.6) is 0 Å². The average Bonchev–Trinajstić information content (AvgIpc) is 2.45. The molecule has 0 saturated carbocycles. The highest BCUT2D eigenvalue weighted by Gasteiger charge is 2.29. The van der Waals surface area contributed by atoms with Crippen molar-refractivity contribution in [1.82, 2.24) is 0 Å². The molecule has 2 nitrogen and oxygen atoms in total. The van der Waals surface area contributed by atoms with Crippen molar-refractivity contribution >= 4 is 8.07 Å². The van der Waals surface area contributed by atoms with E-state index in [-0.39, 0.29) is 0 Å². The lowest BCUT2D eigenvalue weighted by molar-refractivity contribution is -0.0280. The van der Waals surface area contributed by atoms with Gasteiger partial charge in [0, 0.05) is 8.07 Å². The van der Waals surface area contributed by atoms with Gasteiger partial charge in [0.05, 0.1) is 24.9 Å². The Labute approximate surface area is 95.4 Å². The van der Waals surface area contributed by atoms with Crippen molar-refractivity contribution in [1.29, 1.82) is 0 Å². The Kier molecular flexibility index (Phi) is 4.81. The first-order chi connectivity index (χ1) is 6.87. The Morgan fingerprint density at radius 2 is 1.80 bits per heavy atom. The fourth-order valence-corrected chi connectivity index (χ4v) is 3.70. The molecule has 0 aliphatic carbocycles. The van der Waals surface area contributed by atoms with E-state index in [1.54, 1.807) is 0 Å². The third-order valence-corrected chi connectivity index (χ3v) is 4.33. The van der Waals surface area contributed by atoms with E-state index in [1.165, 1.54) is 18.9 Å². The Hall–Kier alpha value is 0.137. The molecule has 1 saturated heterocycles. The Morgan fingerprint density at radius 1 is 1.20 bits per heavy atom. The van der Waals surface area contributed by atoms with Gasteiger partial charge in [-0.05, 0) is 32.7 Å². The smallest absolute Gasteiger partial charge is 0.0813 e. The van der Waals surface area contributed by atoms with E-state index >= 15 is 0 Å². The second kappa shape index (κ2) is 5.46. The first-order valence-electron chi connectivity index (χ1n) is 6.14. The molecule has 2 atom stereocenters. The number of hydrogen-bond donors (Lipinski definition) is 0. The Bertz CT molecular complexity index is 187. The van der Waals surface area contributed by atoms with E-state index in [4.69, 9.17) is 9.47 Å². The molecule has 0 bridgehead atoms. The van der Waals surface area contributed by atoms with Crippen LogP contribution >= 0.6 is 0 Å². The molecule has 0 aromatic heterocycles. The van der Waals surface area contributed by atoms with Crippen LogP contribution in [0, 0.1) is 0 Å². The molecule has 1 fully saturated rings. The minimum absolute atomic E-state index is 0.324.